The van der Waals surface area contributed by atoms with Crippen molar-refractivity contribution in [2.45, 2.75) is 6.42 Å². The summed E-state index contributed by atoms with van der Waals surface area (Å²) in [6.45, 7) is 0. The molecule has 9 aromatic carbocycles. The Labute approximate surface area is 489 Å². The Hall–Kier alpha value is -7.53. The molecule has 0 aromatic heterocycles. The van der Waals surface area contributed by atoms with Crippen LogP contribution in [0.15, 0.2) is 200 Å². The van der Waals surface area contributed by atoms with Gasteiger partial charge in [-0.15, -0.1) is 12.4 Å². The molecule has 0 saturated carbocycles. The van der Waals surface area contributed by atoms with Crippen LogP contribution in [0.1, 0.15) is 11.1 Å². The summed E-state index contributed by atoms with van der Waals surface area (Å²) in [6.07, 6.45) is 0.676. The van der Waals surface area contributed by atoms with E-state index in [-0.39, 0.29) is 23.8 Å². The number of halogens is 5. The SMILES string of the molecule is CI.COc1ccc(Cc2ccc([N+](=O)[O-])cc2)cc1-c1cccc(Cl)c1.COc1ccc(N(C)c2ccc(N)cc2)cc1-c1cccc(Cl)c1.COc1ccc(N(C)c2ccc([N+](=O)[O-])cc2)cc1-c1cccc(Cl)c1.Cl. The van der Waals surface area contributed by atoms with Gasteiger partial charge in [0.2, 0.25) is 0 Å². The molecule has 0 saturated heterocycles. The lowest BCUT2D eigenvalue weighted by Crippen LogP contribution is -2.09. The van der Waals surface area contributed by atoms with E-state index in [1.807, 2.05) is 163 Å². The molecule has 78 heavy (non-hydrogen) atoms. The van der Waals surface area contributed by atoms with E-state index in [4.69, 9.17) is 54.7 Å². The average Bonchev–Trinajstić information content (AvgIpc) is 3.47. The van der Waals surface area contributed by atoms with Crippen LogP contribution in [0.2, 0.25) is 15.1 Å². The number of nitrogen functional groups attached to an aromatic ring is 1. The van der Waals surface area contributed by atoms with Crippen molar-refractivity contribution in [1.82, 2.24) is 0 Å². The van der Waals surface area contributed by atoms with Gasteiger partial charge in [-0.2, -0.15) is 0 Å². The van der Waals surface area contributed by atoms with Gasteiger partial charge in [-0.05, 0) is 160 Å². The number of nitro benzene ring substituents is 2. The number of non-ortho nitro benzene ring substituents is 2. The van der Waals surface area contributed by atoms with Crippen LogP contribution in [0.5, 0.6) is 17.2 Å². The van der Waals surface area contributed by atoms with Gasteiger partial charge in [-0.25, -0.2) is 0 Å². The van der Waals surface area contributed by atoms with Crippen LogP contribution >= 0.6 is 69.8 Å². The van der Waals surface area contributed by atoms with Gasteiger partial charge < -0.3 is 29.7 Å². The molecule has 0 aliphatic rings. The van der Waals surface area contributed by atoms with Gasteiger partial charge in [0.1, 0.15) is 17.2 Å². The van der Waals surface area contributed by atoms with Crippen LogP contribution in [0.25, 0.3) is 33.4 Å². The first kappa shape index (κ1) is 61.3. The second kappa shape index (κ2) is 29.8. The highest BCUT2D eigenvalue weighted by atomic mass is 127. The van der Waals surface area contributed by atoms with Crippen LogP contribution in [0, 0.1) is 20.2 Å². The fourth-order valence-corrected chi connectivity index (χ4v) is 8.66. The van der Waals surface area contributed by atoms with Crippen LogP contribution in [0.3, 0.4) is 0 Å². The highest BCUT2D eigenvalue weighted by Crippen LogP contribution is 2.39. The topological polar surface area (TPSA) is 146 Å². The molecule has 17 heteroatoms. The van der Waals surface area contributed by atoms with E-state index >= 15 is 0 Å². The average molecular weight is 1240 g/mol. The quantitative estimate of drug-likeness (QED) is 0.0367. The summed E-state index contributed by atoms with van der Waals surface area (Å²) >= 11 is 20.5. The monoisotopic (exact) mass is 1240 g/mol. The predicted octanol–water partition coefficient (Wildman–Crippen LogP) is 18.0. The second-order valence-electron chi connectivity index (χ2n) is 16.9. The Morgan fingerprint density at radius 2 is 0.769 bits per heavy atom. The molecule has 0 atom stereocenters. The van der Waals surface area contributed by atoms with E-state index in [0.717, 1.165) is 90.2 Å². The number of nitrogens with zero attached hydrogens (tertiary/aromatic N) is 4. The van der Waals surface area contributed by atoms with E-state index in [1.165, 1.54) is 24.3 Å². The molecule has 0 aliphatic carbocycles. The molecular formula is C61H56Cl4IN5O7. The molecule has 0 radical (unpaired) electrons. The minimum absolute atomic E-state index is 0. The van der Waals surface area contributed by atoms with Crippen molar-refractivity contribution in [3.8, 4) is 50.6 Å². The number of nitrogens with two attached hydrogens (primary N) is 1. The Morgan fingerprint density at radius 1 is 0.449 bits per heavy atom. The van der Waals surface area contributed by atoms with E-state index < -0.39 is 9.85 Å². The predicted molar refractivity (Wildman–Crippen MR) is 333 cm³/mol. The third kappa shape index (κ3) is 16.5. The molecule has 0 amide bonds. The highest BCUT2D eigenvalue weighted by Gasteiger charge is 2.15. The normalized spacial score (nSPS) is 10.1. The molecule has 0 heterocycles. The number of hydrogen-bond donors (Lipinski definition) is 1. The molecule has 0 fully saturated rings. The number of nitro groups is 2. The first-order valence-corrected chi connectivity index (χ1v) is 26.9. The van der Waals surface area contributed by atoms with Gasteiger partial charge in [0.15, 0.2) is 0 Å². The van der Waals surface area contributed by atoms with Crippen molar-refractivity contribution in [2.24, 2.45) is 0 Å². The maximum Gasteiger partial charge on any atom is 0.269 e. The van der Waals surface area contributed by atoms with Gasteiger partial charge in [0.05, 0.1) is 31.2 Å². The maximum absolute atomic E-state index is 10.8. The van der Waals surface area contributed by atoms with Gasteiger partial charge in [-0.3, -0.25) is 20.2 Å². The Morgan fingerprint density at radius 3 is 1.13 bits per heavy atom. The van der Waals surface area contributed by atoms with Gasteiger partial charge in [0.25, 0.3) is 11.4 Å². The summed E-state index contributed by atoms with van der Waals surface area (Å²) in [5.74, 6) is 2.33. The standard InChI is InChI=1S/C20H17ClN2O3.C20H19ClN2O.C20H16ClNO3.CH3I.ClH/c1-22(16-6-8-17(9-7-16)23(24)25)18-10-11-20(26-2)19(13-18)14-4-3-5-15(21)12-14;1-23(17-8-6-16(22)7-9-17)18-10-11-20(24-2)19(13-18)14-4-3-5-15(21)12-14;1-25-20-10-7-15(11-14-5-8-18(9-6-14)22(23)24)12-19(20)16-3-2-4-17(21)13-16;1-2;/h3-13H,1-2H3;3-13H,22H2,1-2H3;2-10,12-13H,11H2,1H3;1H3;1H. The molecule has 402 valence electrons. The number of ether oxygens (including phenoxy) is 3. The summed E-state index contributed by atoms with van der Waals surface area (Å²) in [6, 6.07) is 61.7. The molecule has 0 bridgehead atoms. The van der Waals surface area contributed by atoms with Crippen molar-refractivity contribution < 1.29 is 24.1 Å². The summed E-state index contributed by atoms with van der Waals surface area (Å²) in [7, 11) is 8.87. The van der Waals surface area contributed by atoms with Crippen molar-refractivity contribution in [1.29, 1.82) is 0 Å². The van der Waals surface area contributed by atoms with Gasteiger partial charge >= 0.3 is 0 Å². The Bertz CT molecular complexity index is 3430. The second-order valence-corrected chi connectivity index (χ2v) is 18.2. The van der Waals surface area contributed by atoms with Crippen LogP contribution in [0.4, 0.5) is 39.8 Å². The zero-order valence-corrected chi connectivity index (χ0v) is 48.6. The lowest BCUT2D eigenvalue weighted by Gasteiger charge is -2.21. The minimum Gasteiger partial charge on any atom is -0.496 e. The summed E-state index contributed by atoms with van der Waals surface area (Å²) in [5.41, 5.74) is 18.5. The number of methoxy groups -OCH3 is 3. The molecule has 2 N–H and O–H groups in total. The fraction of sp³-hybridized carbons (Fsp3) is 0.115. The lowest BCUT2D eigenvalue weighted by molar-refractivity contribution is -0.385. The highest BCUT2D eigenvalue weighted by molar-refractivity contribution is 14.1. The number of alkyl halides is 1. The van der Waals surface area contributed by atoms with E-state index in [9.17, 15) is 20.2 Å². The first-order valence-electron chi connectivity index (χ1n) is 23.6. The van der Waals surface area contributed by atoms with E-state index in [0.29, 0.717) is 21.5 Å². The molecule has 9 aromatic rings. The zero-order valence-electron chi connectivity index (χ0n) is 43.4. The molecule has 0 aliphatic heterocycles. The number of hydrogen-bond acceptors (Lipinski definition) is 10. The van der Waals surface area contributed by atoms with Gasteiger partial charge in [-0.1, -0.05) is 112 Å². The van der Waals surface area contributed by atoms with Crippen molar-refractivity contribution in [3.05, 3.63) is 247 Å². The molecule has 12 nitrogen and oxygen atoms in total. The van der Waals surface area contributed by atoms with Crippen LogP contribution in [-0.2, 0) is 6.42 Å². The van der Waals surface area contributed by atoms with Crippen molar-refractivity contribution in [3.63, 3.8) is 0 Å². The van der Waals surface area contributed by atoms with E-state index in [2.05, 4.69) is 39.6 Å². The number of benzene rings is 9. The largest absolute Gasteiger partial charge is 0.496 e. The van der Waals surface area contributed by atoms with E-state index in [1.54, 1.807) is 45.6 Å². The first-order chi connectivity index (χ1) is 37.1. The van der Waals surface area contributed by atoms with Crippen LogP contribution < -0.4 is 29.7 Å². The molecule has 0 spiro atoms. The maximum atomic E-state index is 10.8. The number of anilines is 5. The Kier molecular flexibility index (Phi) is 23.5. The molecule has 9 rings (SSSR count). The minimum atomic E-state index is -0.408. The summed E-state index contributed by atoms with van der Waals surface area (Å²) < 4.78 is 16.5. The smallest absolute Gasteiger partial charge is 0.269 e. The number of rotatable bonds is 14. The van der Waals surface area contributed by atoms with Gasteiger partial charge in [0, 0.05) is 98.6 Å². The summed E-state index contributed by atoms with van der Waals surface area (Å²) in [5, 5.41) is 23.6. The zero-order chi connectivity index (χ0) is 55.6. The third-order valence-electron chi connectivity index (χ3n) is 12.1. The molecule has 0 unspecified atom stereocenters. The Balaban J connectivity index is 0.000000211. The fourth-order valence-electron chi connectivity index (χ4n) is 8.08. The van der Waals surface area contributed by atoms with Crippen LogP contribution in [-0.4, -0.2) is 50.2 Å². The lowest BCUT2D eigenvalue weighted by atomic mass is 9.98. The van der Waals surface area contributed by atoms with Crippen molar-refractivity contribution >= 4 is 110 Å². The summed E-state index contributed by atoms with van der Waals surface area (Å²) in [4.78, 5) is 26.8. The van der Waals surface area contributed by atoms with Crippen molar-refractivity contribution in [2.75, 3.05) is 55.9 Å². The molecular weight excluding hydrogens is 1180 g/mol. The third-order valence-corrected chi connectivity index (χ3v) is 12.8.